The third-order valence-electron chi connectivity index (χ3n) is 2.59. The van der Waals surface area contributed by atoms with E-state index in [0.29, 0.717) is 16.9 Å². The first-order valence-corrected chi connectivity index (χ1v) is 7.21. The van der Waals surface area contributed by atoms with Gasteiger partial charge in [-0.2, -0.15) is 0 Å². The van der Waals surface area contributed by atoms with Crippen LogP contribution in [0.25, 0.3) is 0 Å². The van der Waals surface area contributed by atoms with Crippen LogP contribution in [0.15, 0.2) is 53.4 Å². The van der Waals surface area contributed by atoms with E-state index in [4.69, 9.17) is 10.9 Å². The Labute approximate surface area is 116 Å². The highest BCUT2D eigenvalue weighted by molar-refractivity contribution is 7.89. The van der Waals surface area contributed by atoms with E-state index in [0.717, 1.165) is 0 Å². The zero-order chi connectivity index (χ0) is 14.8. The fourth-order valence-corrected chi connectivity index (χ4v) is 2.15. The number of nitrogens with two attached hydrogens (primary N) is 2. The molecule has 0 aliphatic carbocycles. The van der Waals surface area contributed by atoms with Gasteiger partial charge in [0.05, 0.1) is 4.90 Å². The third kappa shape index (κ3) is 3.34. The summed E-state index contributed by atoms with van der Waals surface area (Å²) in [5.74, 6) is -0.364. The Kier molecular flexibility index (Phi) is 3.73. The number of carbonyl (C=O) groups is 1. The quantitative estimate of drug-likeness (QED) is 0.736. The number of hydrogen-bond donors (Lipinski definition) is 3. The summed E-state index contributed by atoms with van der Waals surface area (Å²) < 4.78 is 22.5. The Morgan fingerprint density at radius 3 is 2.30 bits per heavy atom. The van der Waals surface area contributed by atoms with Crippen LogP contribution >= 0.6 is 0 Å². The molecule has 2 rings (SSSR count). The lowest BCUT2D eigenvalue weighted by Gasteiger charge is -2.07. The van der Waals surface area contributed by atoms with Gasteiger partial charge in [-0.05, 0) is 42.5 Å². The number of primary sulfonamides is 1. The van der Waals surface area contributed by atoms with Gasteiger partial charge >= 0.3 is 0 Å². The van der Waals surface area contributed by atoms with E-state index >= 15 is 0 Å². The van der Waals surface area contributed by atoms with E-state index in [2.05, 4.69) is 5.32 Å². The minimum Gasteiger partial charge on any atom is -0.399 e. The lowest BCUT2D eigenvalue weighted by atomic mass is 10.2. The normalized spacial score (nSPS) is 11.1. The van der Waals surface area contributed by atoms with Crippen LogP contribution in [0.5, 0.6) is 0 Å². The highest BCUT2D eigenvalue weighted by atomic mass is 32.2. The highest BCUT2D eigenvalue weighted by Crippen LogP contribution is 2.15. The van der Waals surface area contributed by atoms with Gasteiger partial charge in [-0.3, -0.25) is 4.79 Å². The zero-order valence-electron chi connectivity index (χ0n) is 10.4. The average Bonchev–Trinajstić information content (AvgIpc) is 2.38. The predicted octanol–water partition coefficient (Wildman–Crippen LogP) is 1.17. The van der Waals surface area contributed by atoms with Gasteiger partial charge in [0.25, 0.3) is 5.91 Å². The SMILES string of the molecule is Nc1ccc(C(=O)Nc2cccc(S(N)(=O)=O)c2)cc1. The van der Waals surface area contributed by atoms with E-state index in [1.807, 2.05) is 0 Å². The van der Waals surface area contributed by atoms with Crippen molar-refractivity contribution in [1.29, 1.82) is 0 Å². The van der Waals surface area contributed by atoms with E-state index < -0.39 is 10.0 Å². The fourth-order valence-electron chi connectivity index (χ4n) is 1.59. The first kappa shape index (κ1) is 14.0. The average molecular weight is 291 g/mol. The van der Waals surface area contributed by atoms with Crippen molar-refractivity contribution >= 4 is 27.3 Å². The van der Waals surface area contributed by atoms with Gasteiger partial charge in [0.2, 0.25) is 10.0 Å². The van der Waals surface area contributed by atoms with Crippen molar-refractivity contribution in [2.24, 2.45) is 5.14 Å². The van der Waals surface area contributed by atoms with Crippen LogP contribution in [0.3, 0.4) is 0 Å². The monoisotopic (exact) mass is 291 g/mol. The standard InChI is InChI=1S/C13H13N3O3S/c14-10-6-4-9(5-7-10)13(17)16-11-2-1-3-12(8-11)20(15,18)19/h1-8H,14H2,(H,16,17)(H2,15,18,19). The summed E-state index contributed by atoms with van der Waals surface area (Å²) in [6.45, 7) is 0. The maximum Gasteiger partial charge on any atom is 0.255 e. The fraction of sp³-hybridized carbons (Fsp3) is 0. The molecule has 5 N–H and O–H groups in total. The van der Waals surface area contributed by atoms with E-state index in [-0.39, 0.29) is 10.8 Å². The molecule has 2 aromatic carbocycles. The Morgan fingerprint density at radius 1 is 1.05 bits per heavy atom. The number of sulfonamides is 1. The summed E-state index contributed by atoms with van der Waals surface area (Å²) >= 11 is 0. The van der Waals surface area contributed by atoms with Crippen LogP contribution < -0.4 is 16.2 Å². The second-order valence-corrected chi connectivity index (χ2v) is 5.71. The molecule has 0 saturated carbocycles. The molecule has 0 bridgehead atoms. The Balaban J connectivity index is 2.22. The molecule has 0 radical (unpaired) electrons. The van der Waals surface area contributed by atoms with Crippen molar-refractivity contribution in [3.63, 3.8) is 0 Å². The van der Waals surface area contributed by atoms with Crippen molar-refractivity contribution in [3.8, 4) is 0 Å². The molecule has 0 unspecified atom stereocenters. The number of benzene rings is 2. The Bertz CT molecular complexity index is 740. The highest BCUT2D eigenvalue weighted by Gasteiger charge is 2.10. The maximum atomic E-state index is 12.0. The number of hydrogen-bond acceptors (Lipinski definition) is 4. The molecule has 1 amide bonds. The van der Waals surface area contributed by atoms with Crippen molar-refractivity contribution in [1.82, 2.24) is 0 Å². The molecule has 7 heteroatoms. The first-order valence-electron chi connectivity index (χ1n) is 5.66. The van der Waals surface area contributed by atoms with E-state index in [1.54, 1.807) is 30.3 Å². The number of nitrogen functional groups attached to an aromatic ring is 1. The summed E-state index contributed by atoms with van der Waals surface area (Å²) in [5, 5.41) is 7.62. The van der Waals surface area contributed by atoms with Crippen molar-refractivity contribution in [2.75, 3.05) is 11.1 Å². The van der Waals surface area contributed by atoms with Crippen molar-refractivity contribution in [3.05, 3.63) is 54.1 Å². The first-order chi connectivity index (χ1) is 9.36. The smallest absolute Gasteiger partial charge is 0.255 e. The molecule has 2 aromatic rings. The molecule has 104 valence electrons. The molecule has 0 aliphatic rings. The van der Waals surface area contributed by atoms with Gasteiger partial charge in [0, 0.05) is 16.9 Å². The summed E-state index contributed by atoms with van der Waals surface area (Å²) in [5.41, 5.74) is 6.85. The van der Waals surface area contributed by atoms with Crippen LogP contribution in [0, 0.1) is 0 Å². The molecule has 0 atom stereocenters. The second kappa shape index (κ2) is 5.32. The minimum atomic E-state index is -3.80. The second-order valence-electron chi connectivity index (χ2n) is 4.15. The van der Waals surface area contributed by atoms with Crippen LogP contribution in [0.2, 0.25) is 0 Å². The molecule has 0 saturated heterocycles. The molecule has 0 aromatic heterocycles. The lowest BCUT2D eigenvalue weighted by Crippen LogP contribution is -2.14. The predicted molar refractivity (Wildman–Crippen MR) is 76.6 cm³/mol. The number of nitrogens with one attached hydrogen (secondary N) is 1. The minimum absolute atomic E-state index is 0.0624. The van der Waals surface area contributed by atoms with Gasteiger partial charge < -0.3 is 11.1 Å². The summed E-state index contributed by atoms with van der Waals surface area (Å²) in [7, 11) is -3.80. The Hall–Kier alpha value is -2.38. The lowest BCUT2D eigenvalue weighted by molar-refractivity contribution is 0.102. The molecule has 6 nitrogen and oxygen atoms in total. The van der Waals surface area contributed by atoms with Gasteiger partial charge in [0.1, 0.15) is 0 Å². The van der Waals surface area contributed by atoms with E-state index in [9.17, 15) is 13.2 Å². The van der Waals surface area contributed by atoms with Gasteiger partial charge in [-0.25, -0.2) is 13.6 Å². The maximum absolute atomic E-state index is 12.0. The van der Waals surface area contributed by atoms with Crippen molar-refractivity contribution < 1.29 is 13.2 Å². The van der Waals surface area contributed by atoms with Crippen LogP contribution in [0.4, 0.5) is 11.4 Å². The van der Waals surface area contributed by atoms with Crippen LogP contribution in [-0.4, -0.2) is 14.3 Å². The zero-order valence-corrected chi connectivity index (χ0v) is 11.2. The molecular weight excluding hydrogens is 278 g/mol. The van der Waals surface area contributed by atoms with Gasteiger partial charge in [-0.15, -0.1) is 0 Å². The summed E-state index contributed by atoms with van der Waals surface area (Å²) in [6, 6.07) is 12.1. The van der Waals surface area contributed by atoms with Gasteiger partial charge in [-0.1, -0.05) is 6.07 Å². The molecule has 0 spiro atoms. The molecule has 0 aliphatic heterocycles. The van der Waals surface area contributed by atoms with Crippen LogP contribution in [-0.2, 0) is 10.0 Å². The number of amides is 1. The topological polar surface area (TPSA) is 115 Å². The molecule has 20 heavy (non-hydrogen) atoms. The van der Waals surface area contributed by atoms with E-state index in [1.165, 1.54) is 18.2 Å². The van der Waals surface area contributed by atoms with Crippen LogP contribution in [0.1, 0.15) is 10.4 Å². The number of anilines is 2. The molecule has 0 fully saturated rings. The largest absolute Gasteiger partial charge is 0.399 e. The van der Waals surface area contributed by atoms with Gasteiger partial charge in [0.15, 0.2) is 0 Å². The molecule has 0 heterocycles. The van der Waals surface area contributed by atoms with Crippen molar-refractivity contribution in [2.45, 2.75) is 4.90 Å². The summed E-state index contributed by atoms with van der Waals surface area (Å²) in [6.07, 6.45) is 0. The number of rotatable bonds is 3. The summed E-state index contributed by atoms with van der Waals surface area (Å²) in [4.78, 5) is 11.9. The number of carbonyl (C=O) groups excluding carboxylic acids is 1. The Morgan fingerprint density at radius 2 is 1.70 bits per heavy atom. The molecular formula is C13H13N3O3S. The third-order valence-corrected chi connectivity index (χ3v) is 3.50.